The van der Waals surface area contributed by atoms with Crippen LogP contribution in [0.1, 0.15) is 19.3 Å². The number of ether oxygens (including phenoxy) is 1. The third-order valence-corrected chi connectivity index (χ3v) is 4.30. The van der Waals surface area contributed by atoms with Crippen molar-refractivity contribution in [3.63, 3.8) is 0 Å². The molecule has 0 spiro atoms. The Bertz CT molecular complexity index is 396. The highest BCUT2D eigenvalue weighted by Crippen LogP contribution is 2.31. The van der Waals surface area contributed by atoms with E-state index in [1.807, 2.05) is 0 Å². The lowest BCUT2D eigenvalue weighted by Gasteiger charge is -2.33. The lowest BCUT2D eigenvalue weighted by molar-refractivity contribution is 0.152. The Morgan fingerprint density at radius 3 is 2.74 bits per heavy atom. The van der Waals surface area contributed by atoms with Crippen molar-refractivity contribution < 1.29 is 4.74 Å². The summed E-state index contributed by atoms with van der Waals surface area (Å²) in [5.41, 5.74) is 1.58. The molecule has 1 atom stereocenters. The molecule has 1 saturated heterocycles. The topological polar surface area (TPSA) is 24.5 Å². The third kappa shape index (κ3) is 3.28. The summed E-state index contributed by atoms with van der Waals surface area (Å²) in [6.45, 7) is 3.96. The molecule has 1 saturated carbocycles. The molecule has 2 aliphatic rings. The SMILES string of the molecule is CN(CC1(CNC2CC2)CCOC1)c1ccccc1. The molecule has 0 aromatic heterocycles. The second-order valence-electron chi connectivity index (χ2n) is 6.15. The predicted octanol–water partition coefficient (Wildman–Crippen LogP) is 2.28. The average Bonchev–Trinajstić information content (AvgIpc) is 3.17. The van der Waals surface area contributed by atoms with Crippen LogP contribution in [0.3, 0.4) is 0 Å². The molecule has 0 bridgehead atoms. The van der Waals surface area contributed by atoms with Crippen molar-refractivity contribution in [3.05, 3.63) is 30.3 Å². The van der Waals surface area contributed by atoms with Gasteiger partial charge in [-0.2, -0.15) is 0 Å². The fraction of sp³-hybridized carbons (Fsp3) is 0.625. The molecule has 1 aliphatic carbocycles. The Hall–Kier alpha value is -1.06. The number of benzene rings is 1. The lowest BCUT2D eigenvalue weighted by Crippen LogP contribution is -2.44. The van der Waals surface area contributed by atoms with Crippen LogP contribution in [0, 0.1) is 5.41 Å². The fourth-order valence-corrected chi connectivity index (χ4v) is 2.89. The Kier molecular flexibility index (Phi) is 3.76. The van der Waals surface area contributed by atoms with Crippen molar-refractivity contribution >= 4 is 5.69 Å². The van der Waals surface area contributed by atoms with E-state index in [2.05, 4.69) is 47.6 Å². The lowest BCUT2D eigenvalue weighted by atomic mass is 9.86. The van der Waals surface area contributed by atoms with Gasteiger partial charge in [0.05, 0.1) is 6.61 Å². The van der Waals surface area contributed by atoms with E-state index in [0.29, 0.717) is 0 Å². The molecule has 2 fully saturated rings. The zero-order valence-corrected chi connectivity index (χ0v) is 11.8. The summed E-state index contributed by atoms with van der Waals surface area (Å²) < 4.78 is 5.68. The largest absolute Gasteiger partial charge is 0.381 e. The van der Waals surface area contributed by atoms with Gasteiger partial charge in [0.15, 0.2) is 0 Å². The normalized spacial score (nSPS) is 26.6. The second kappa shape index (κ2) is 5.51. The van der Waals surface area contributed by atoms with Crippen LogP contribution in [-0.4, -0.2) is 39.4 Å². The zero-order chi connectivity index (χ0) is 13.1. The van der Waals surface area contributed by atoms with Gasteiger partial charge in [0, 0.05) is 43.9 Å². The van der Waals surface area contributed by atoms with E-state index in [-0.39, 0.29) is 5.41 Å². The van der Waals surface area contributed by atoms with Gasteiger partial charge in [0.25, 0.3) is 0 Å². The van der Waals surface area contributed by atoms with Gasteiger partial charge in [-0.3, -0.25) is 0 Å². The summed E-state index contributed by atoms with van der Waals surface area (Å²) in [4.78, 5) is 2.36. The van der Waals surface area contributed by atoms with E-state index in [1.54, 1.807) is 0 Å². The molecule has 1 N–H and O–H groups in total. The molecule has 1 aromatic rings. The van der Waals surface area contributed by atoms with Crippen LogP contribution in [0.5, 0.6) is 0 Å². The Labute approximate surface area is 115 Å². The molecule has 0 amide bonds. The van der Waals surface area contributed by atoms with E-state index in [4.69, 9.17) is 4.74 Å². The van der Waals surface area contributed by atoms with Crippen LogP contribution in [-0.2, 0) is 4.74 Å². The van der Waals surface area contributed by atoms with Crippen molar-refractivity contribution in [1.29, 1.82) is 0 Å². The summed E-state index contributed by atoms with van der Waals surface area (Å²) in [7, 11) is 2.19. The van der Waals surface area contributed by atoms with Crippen LogP contribution < -0.4 is 10.2 Å². The minimum Gasteiger partial charge on any atom is -0.381 e. The van der Waals surface area contributed by atoms with Crippen LogP contribution in [0.4, 0.5) is 5.69 Å². The quantitative estimate of drug-likeness (QED) is 0.849. The summed E-state index contributed by atoms with van der Waals surface area (Å²) in [6.07, 6.45) is 3.88. The van der Waals surface area contributed by atoms with Crippen molar-refractivity contribution in [2.75, 3.05) is 38.3 Å². The molecule has 3 rings (SSSR count). The molecule has 1 heterocycles. The molecular formula is C16H24N2O. The van der Waals surface area contributed by atoms with Crippen LogP contribution >= 0.6 is 0 Å². The van der Waals surface area contributed by atoms with Gasteiger partial charge >= 0.3 is 0 Å². The van der Waals surface area contributed by atoms with Gasteiger partial charge in [0.1, 0.15) is 0 Å². The molecule has 1 aromatic carbocycles. The second-order valence-corrected chi connectivity index (χ2v) is 6.15. The van der Waals surface area contributed by atoms with Gasteiger partial charge in [-0.1, -0.05) is 18.2 Å². The van der Waals surface area contributed by atoms with E-state index in [1.165, 1.54) is 24.9 Å². The third-order valence-electron chi connectivity index (χ3n) is 4.30. The van der Waals surface area contributed by atoms with Crippen LogP contribution in [0.2, 0.25) is 0 Å². The van der Waals surface area contributed by atoms with Crippen LogP contribution in [0.25, 0.3) is 0 Å². The Morgan fingerprint density at radius 2 is 2.11 bits per heavy atom. The van der Waals surface area contributed by atoms with Crippen molar-refractivity contribution in [2.24, 2.45) is 5.41 Å². The van der Waals surface area contributed by atoms with Gasteiger partial charge < -0.3 is 15.0 Å². The maximum absolute atomic E-state index is 5.68. The first-order valence-electron chi connectivity index (χ1n) is 7.35. The molecule has 3 heteroatoms. The van der Waals surface area contributed by atoms with Crippen molar-refractivity contribution in [1.82, 2.24) is 5.32 Å². The Morgan fingerprint density at radius 1 is 1.32 bits per heavy atom. The minimum absolute atomic E-state index is 0.285. The van der Waals surface area contributed by atoms with E-state index < -0.39 is 0 Å². The maximum Gasteiger partial charge on any atom is 0.0552 e. The van der Waals surface area contributed by atoms with Gasteiger partial charge in [-0.25, -0.2) is 0 Å². The predicted molar refractivity (Wildman–Crippen MR) is 78.6 cm³/mol. The summed E-state index contributed by atoms with van der Waals surface area (Å²) >= 11 is 0. The maximum atomic E-state index is 5.68. The molecule has 104 valence electrons. The van der Waals surface area contributed by atoms with Crippen molar-refractivity contribution in [2.45, 2.75) is 25.3 Å². The van der Waals surface area contributed by atoms with Gasteiger partial charge in [0.2, 0.25) is 0 Å². The highest BCUT2D eigenvalue weighted by Gasteiger charge is 2.37. The molecular weight excluding hydrogens is 236 g/mol. The number of para-hydroxylation sites is 1. The smallest absolute Gasteiger partial charge is 0.0552 e. The summed E-state index contributed by atoms with van der Waals surface area (Å²) in [5, 5.41) is 3.69. The first kappa shape index (κ1) is 12.9. The number of hydrogen-bond donors (Lipinski definition) is 1. The molecule has 0 radical (unpaired) electrons. The van der Waals surface area contributed by atoms with E-state index >= 15 is 0 Å². The number of hydrogen-bond acceptors (Lipinski definition) is 3. The first-order valence-corrected chi connectivity index (χ1v) is 7.35. The van der Waals surface area contributed by atoms with Crippen molar-refractivity contribution in [3.8, 4) is 0 Å². The van der Waals surface area contributed by atoms with Gasteiger partial charge in [-0.05, 0) is 31.4 Å². The van der Waals surface area contributed by atoms with E-state index in [9.17, 15) is 0 Å². The highest BCUT2D eigenvalue weighted by molar-refractivity contribution is 5.45. The zero-order valence-electron chi connectivity index (χ0n) is 11.8. The standard InChI is InChI=1S/C16H24N2O/c1-18(15-5-3-2-4-6-15)12-16(9-10-19-13-16)11-17-14-7-8-14/h2-6,14,17H,7-13H2,1H3. The number of anilines is 1. The minimum atomic E-state index is 0.285. The first-order chi connectivity index (χ1) is 9.27. The number of nitrogens with one attached hydrogen (secondary N) is 1. The number of nitrogens with zero attached hydrogens (tertiary/aromatic N) is 1. The molecule has 19 heavy (non-hydrogen) atoms. The monoisotopic (exact) mass is 260 g/mol. The Balaban J connectivity index is 1.63. The summed E-state index contributed by atoms with van der Waals surface area (Å²) in [5.74, 6) is 0. The highest BCUT2D eigenvalue weighted by atomic mass is 16.5. The molecule has 3 nitrogen and oxygen atoms in total. The van der Waals surface area contributed by atoms with Gasteiger partial charge in [-0.15, -0.1) is 0 Å². The average molecular weight is 260 g/mol. The molecule has 1 unspecified atom stereocenters. The molecule has 1 aliphatic heterocycles. The van der Waals surface area contributed by atoms with E-state index in [0.717, 1.165) is 32.3 Å². The number of rotatable bonds is 6. The fourth-order valence-electron chi connectivity index (χ4n) is 2.89. The van der Waals surface area contributed by atoms with Crippen LogP contribution in [0.15, 0.2) is 30.3 Å². The summed E-state index contributed by atoms with van der Waals surface area (Å²) in [6, 6.07) is 11.4.